The molecule has 0 aliphatic rings. The number of halogens is 1. The molecule has 1 amide bonds. The highest BCUT2D eigenvalue weighted by Gasteiger charge is 2.06. The van der Waals surface area contributed by atoms with Crippen LogP contribution < -0.4 is 5.48 Å². The van der Waals surface area contributed by atoms with Crippen molar-refractivity contribution in [2.75, 3.05) is 13.7 Å². The number of nitrogens with one attached hydrogen (secondary N) is 1. The summed E-state index contributed by atoms with van der Waals surface area (Å²) in [4.78, 5) is 13.1. The molecule has 3 N–H and O–H groups in total. The van der Waals surface area contributed by atoms with E-state index in [4.69, 9.17) is 10.3 Å². The minimum atomic E-state index is -0.396. The Morgan fingerprint density at radius 1 is 1.03 bits per heavy atom. The van der Waals surface area contributed by atoms with Crippen LogP contribution in [0.3, 0.4) is 0 Å². The second-order valence-corrected chi connectivity index (χ2v) is 6.66. The summed E-state index contributed by atoms with van der Waals surface area (Å²) < 4.78 is 12.5. The number of aliphatic hydroxyl groups excluding tert-OH is 1. The molecule has 0 spiro atoms. The maximum atomic E-state index is 12.5. The topological polar surface area (TPSA) is 72.8 Å². The van der Waals surface area contributed by atoms with E-state index in [0.29, 0.717) is 18.9 Å². The standard InChI is InChI=1S/C12H19N.C10H12FNO2.CH4O/c1-4-13(11(2)3)10-12-8-6-5-7-9-12;11-9-6-4-8(5-7-9)2-1-3-10(13)12-14;1-2/h5-9,11H,4,10H2,1-3H3;4-7,14H,1-3H2,(H,12,13);2H,1H3. The summed E-state index contributed by atoms with van der Waals surface area (Å²) in [7, 11) is 1.00. The van der Waals surface area contributed by atoms with E-state index in [0.717, 1.165) is 25.8 Å². The highest BCUT2D eigenvalue weighted by atomic mass is 19.1. The largest absolute Gasteiger partial charge is 0.400 e. The quantitative estimate of drug-likeness (QED) is 0.454. The zero-order chi connectivity index (χ0) is 22.1. The summed E-state index contributed by atoms with van der Waals surface area (Å²) in [5, 5.41) is 15.2. The van der Waals surface area contributed by atoms with Gasteiger partial charge in [0.1, 0.15) is 5.82 Å². The fourth-order valence-electron chi connectivity index (χ4n) is 2.64. The van der Waals surface area contributed by atoms with Crippen molar-refractivity contribution in [3.63, 3.8) is 0 Å². The Kier molecular flexibility index (Phi) is 15.3. The molecular formula is C23H35FN2O3. The summed E-state index contributed by atoms with van der Waals surface area (Å²) in [6.45, 7) is 8.88. The van der Waals surface area contributed by atoms with E-state index in [9.17, 15) is 9.18 Å². The van der Waals surface area contributed by atoms with Crippen LogP contribution in [0.15, 0.2) is 54.6 Å². The Morgan fingerprint density at radius 2 is 1.62 bits per heavy atom. The molecule has 5 nitrogen and oxygen atoms in total. The first-order valence-electron chi connectivity index (χ1n) is 9.86. The summed E-state index contributed by atoms with van der Waals surface area (Å²) >= 11 is 0. The zero-order valence-electron chi connectivity index (χ0n) is 17.9. The average Bonchev–Trinajstić information content (AvgIpc) is 2.75. The lowest BCUT2D eigenvalue weighted by Gasteiger charge is -2.24. The number of aryl methyl sites for hydroxylation is 1. The molecule has 2 aromatic carbocycles. The van der Waals surface area contributed by atoms with Gasteiger partial charge in [0.25, 0.3) is 0 Å². The maximum Gasteiger partial charge on any atom is 0.243 e. The molecule has 0 bridgehead atoms. The number of carbonyl (C=O) groups is 1. The van der Waals surface area contributed by atoms with Crippen LogP contribution in [-0.2, 0) is 17.8 Å². The molecule has 162 valence electrons. The third kappa shape index (κ3) is 12.7. The molecule has 0 saturated heterocycles. The Hall–Kier alpha value is -2.28. The summed E-state index contributed by atoms with van der Waals surface area (Å²) in [6.07, 6.45) is 1.61. The van der Waals surface area contributed by atoms with Gasteiger partial charge < -0.3 is 5.11 Å². The number of benzene rings is 2. The molecule has 2 aromatic rings. The Bertz CT molecular complexity index is 649. The van der Waals surface area contributed by atoms with E-state index >= 15 is 0 Å². The van der Waals surface area contributed by atoms with Gasteiger partial charge in [0.15, 0.2) is 0 Å². The first kappa shape index (κ1) is 26.7. The van der Waals surface area contributed by atoms with Crippen LogP contribution >= 0.6 is 0 Å². The number of rotatable bonds is 8. The Morgan fingerprint density at radius 3 is 2.10 bits per heavy atom. The van der Waals surface area contributed by atoms with Crippen LogP contribution in [0.25, 0.3) is 0 Å². The van der Waals surface area contributed by atoms with Crippen molar-refractivity contribution in [1.82, 2.24) is 10.4 Å². The van der Waals surface area contributed by atoms with Crippen molar-refractivity contribution in [2.24, 2.45) is 0 Å². The van der Waals surface area contributed by atoms with Crippen LogP contribution in [0.4, 0.5) is 4.39 Å². The molecule has 0 heterocycles. The molecule has 0 aliphatic carbocycles. The summed E-state index contributed by atoms with van der Waals surface area (Å²) in [5.41, 5.74) is 3.95. The van der Waals surface area contributed by atoms with Crippen LogP contribution in [0.1, 0.15) is 44.7 Å². The number of amides is 1. The molecule has 0 unspecified atom stereocenters. The van der Waals surface area contributed by atoms with E-state index < -0.39 is 5.91 Å². The van der Waals surface area contributed by atoms with Gasteiger partial charge in [-0.25, -0.2) is 9.87 Å². The molecule has 0 fully saturated rings. The van der Waals surface area contributed by atoms with E-state index in [1.165, 1.54) is 17.7 Å². The van der Waals surface area contributed by atoms with Crippen molar-refractivity contribution < 1.29 is 19.5 Å². The fourth-order valence-corrected chi connectivity index (χ4v) is 2.64. The summed E-state index contributed by atoms with van der Waals surface area (Å²) in [6, 6.07) is 17.4. The summed E-state index contributed by atoms with van der Waals surface area (Å²) in [5.74, 6) is -0.658. The number of nitrogens with zero attached hydrogens (tertiary/aromatic N) is 1. The molecule has 2 rings (SSSR count). The van der Waals surface area contributed by atoms with Gasteiger partial charge in [-0.05, 0) is 56.5 Å². The number of aliphatic hydroxyl groups is 1. The zero-order valence-corrected chi connectivity index (χ0v) is 17.9. The van der Waals surface area contributed by atoms with Crippen molar-refractivity contribution in [2.45, 2.75) is 52.6 Å². The highest BCUT2D eigenvalue weighted by Crippen LogP contribution is 2.07. The van der Waals surface area contributed by atoms with E-state index in [-0.39, 0.29) is 12.2 Å². The predicted octanol–water partition coefficient (Wildman–Crippen LogP) is 4.18. The van der Waals surface area contributed by atoms with Crippen molar-refractivity contribution in [3.05, 3.63) is 71.5 Å². The van der Waals surface area contributed by atoms with Gasteiger partial charge in [-0.2, -0.15) is 0 Å². The Balaban J connectivity index is 0.000000499. The van der Waals surface area contributed by atoms with Gasteiger partial charge in [-0.3, -0.25) is 14.9 Å². The monoisotopic (exact) mass is 406 g/mol. The minimum absolute atomic E-state index is 0.262. The third-order valence-electron chi connectivity index (χ3n) is 4.27. The third-order valence-corrected chi connectivity index (χ3v) is 4.27. The molecule has 29 heavy (non-hydrogen) atoms. The number of hydrogen-bond donors (Lipinski definition) is 3. The van der Waals surface area contributed by atoms with E-state index in [1.807, 2.05) is 0 Å². The second-order valence-electron chi connectivity index (χ2n) is 6.66. The molecular weight excluding hydrogens is 371 g/mol. The molecule has 0 radical (unpaired) electrons. The van der Waals surface area contributed by atoms with Gasteiger partial charge >= 0.3 is 0 Å². The molecule has 0 saturated carbocycles. The van der Waals surface area contributed by atoms with Gasteiger partial charge in [0, 0.05) is 26.1 Å². The number of hydrogen-bond acceptors (Lipinski definition) is 4. The van der Waals surface area contributed by atoms with Crippen LogP contribution in [0.2, 0.25) is 0 Å². The van der Waals surface area contributed by atoms with E-state index in [1.54, 1.807) is 17.6 Å². The SMILES string of the molecule is CCN(Cc1ccccc1)C(C)C.CO.O=C(CCCc1ccc(F)cc1)NO. The van der Waals surface area contributed by atoms with Crippen LogP contribution in [0, 0.1) is 5.82 Å². The van der Waals surface area contributed by atoms with Gasteiger partial charge in [0.2, 0.25) is 5.91 Å². The first-order valence-corrected chi connectivity index (χ1v) is 9.86. The predicted molar refractivity (Wildman–Crippen MR) is 115 cm³/mol. The van der Waals surface area contributed by atoms with Gasteiger partial charge in [-0.15, -0.1) is 0 Å². The number of hydroxylamine groups is 1. The smallest absolute Gasteiger partial charge is 0.243 e. The van der Waals surface area contributed by atoms with Crippen molar-refractivity contribution in [1.29, 1.82) is 0 Å². The van der Waals surface area contributed by atoms with Crippen molar-refractivity contribution >= 4 is 5.91 Å². The first-order chi connectivity index (χ1) is 14.0. The molecule has 0 atom stereocenters. The van der Waals surface area contributed by atoms with Crippen LogP contribution in [0.5, 0.6) is 0 Å². The lowest BCUT2D eigenvalue weighted by molar-refractivity contribution is -0.129. The normalized spacial score (nSPS) is 9.97. The highest BCUT2D eigenvalue weighted by molar-refractivity contribution is 5.74. The maximum absolute atomic E-state index is 12.5. The van der Waals surface area contributed by atoms with Crippen LogP contribution in [-0.4, -0.2) is 40.8 Å². The fraction of sp³-hybridized carbons (Fsp3) is 0.435. The molecule has 6 heteroatoms. The average molecular weight is 407 g/mol. The Labute approximate surface area is 174 Å². The molecule has 0 aromatic heterocycles. The lowest BCUT2D eigenvalue weighted by atomic mass is 10.1. The van der Waals surface area contributed by atoms with E-state index in [2.05, 4.69) is 56.0 Å². The van der Waals surface area contributed by atoms with Gasteiger partial charge in [-0.1, -0.05) is 49.4 Å². The minimum Gasteiger partial charge on any atom is -0.400 e. The number of carbonyl (C=O) groups excluding carboxylic acids is 1. The van der Waals surface area contributed by atoms with Gasteiger partial charge in [0.05, 0.1) is 0 Å². The lowest BCUT2D eigenvalue weighted by Crippen LogP contribution is -2.29. The second kappa shape index (κ2) is 16.7. The molecule has 0 aliphatic heterocycles. The van der Waals surface area contributed by atoms with Crippen molar-refractivity contribution in [3.8, 4) is 0 Å².